The largest absolute Gasteiger partial charge is 0.476 e. The molecule has 1 N–H and O–H groups in total. The second-order valence-corrected chi connectivity index (χ2v) is 3.04. The molecule has 0 aliphatic heterocycles. The molecule has 78 valence electrons. The summed E-state index contributed by atoms with van der Waals surface area (Å²) in [7, 11) is 1.78. The molecule has 0 fully saturated rings. The summed E-state index contributed by atoms with van der Waals surface area (Å²) >= 11 is 0. The zero-order valence-corrected chi connectivity index (χ0v) is 8.03. The van der Waals surface area contributed by atoms with Crippen molar-refractivity contribution < 1.29 is 9.90 Å². The quantitative estimate of drug-likeness (QED) is 0.750. The highest BCUT2D eigenvalue weighted by Gasteiger charge is 2.08. The van der Waals surface area contributed by atoms with Crippen LogP contribution in [0.25, 0.3) is 0 Å². The highest BCUT2D eigenvalue weighted by molar-refractivity contribution is 5.84. The highest BCUT2D eigenvalue weighted by atomic mass is 16.4. The summed E-state index contributed by atoms with van der Waals surface area (Å²) in [6.45, 7) is 0.455. The maximum Gasteiger partial charge on any atom is 0.356 e. The molecule has 0 amide bonds. The zero-order valence-electron chi connectivity index (χ0n) is 8.03. The molecule has 2 heterocycles. The van der Waals surface area contributed by atoms with Crippen molar-refractivity contribution in [2.24, 2.45) is 7.05 Å². The number of imidazole rings is 1. The number of aryl methyl sites for hydroxylation is 1. The van der Waals surface area contributed by atoms with Crippen molar-refractivity contribution in [1.82, 2.24) is 24.3 Å². The van der Waals surface area contributed by atoms with Crippen molar-refractivity contribution in [3.63, 3.8) is 0 Å². The number of nitrogens with zero attached hydrogens (tertiary/aromatic N) is 5. The van der Waals surface area contributed by atoms with Crippen LogP contribution in [0.15, 0.2) is 18.9 Å². The molecular formula is C8H9N5O2. The first-order valence-electron chi connectivity index (χ1n) is 4.25. The van der Waals surface area contributed by atoms with E-state index in [2.05, 4.69) is 15.1 Å². The van der Waals surface area contributed by atoms with Gasteiger partial charge in [-0.3, -0.25) is 4.68 Å². The Morgan fingerprint density at radius 1 is 1.53 bits per heavy atom. The van der Waals surface area contributed by atoms with Gasteiger partial charge >= 0.3 is 5.97 Å². The molecule has 7 nitrogen and oxygen atoms in total. The van der Waals surface area contributed by atoms with Gasteiger partial charge in [0.2, 0.25) is 0 Å². The van der Waals surface area contributed by atoms with Crippen LogP contribution >= 0.6 is 0 Å². The van der Waals surface area contributed by atoms with Crippen LogP contribution < -0.4 is 0 Å². The standard InChI is InChI=1S/C8H9N5O2/c1-12-7(9-4-11-12)3-13-2-6(8(14)15)10-5-13/h2,4-5H,3H2,1H3,(H,14,15). The SMILES string of the molecule is Cn1ncnc1Cn1cnc(C(=O)O)c1. The number of hydrogen-bond acceptors (Lipinski definition) is 4. The van der Waals surface area contributed by atoms with E-state index in [0.717, 1.165) is 5.82 Å². The molecule has 0 aromatic carbocycles. The van der Waals surface area contributed by atoms with Crippen LogP contribution in [0.1, 0.15) is 16.3 Å². The summed E-state index contributed by atoms with van der Waals surface area (Å²) in [5.41, 5.74) is 0.0252. The first kappa shape index (κ1) is 9.38. The van der Waals surface area contributed by atoms with E-state index in [1.807, 2.05) is 0 Å². The number of carboxylic acid groups (broad SMARTS) is 1. The molecular weight excluding hydrogens is 198 g/mol. The Morgan fingerprint density at radius 2 is 2.33 bits per heavy atom. The second-order valence-electron chi connectivity index (χ2n) is 3.04. The normalized spacial score (nSPS) is 10.5. The lowest BCUT2D eigenvalue weighted by Gasteiger charge is -1.99. The Balaban J connectivity index is 2.18. The van der Waals surface area contributed by atoms with Crippen molar-refractivity contribution in [3.05, 3.63) is 30.4 Å². The number of carbonyl (C=O) groups is 1. The van der Waals surface area contributed by atoms with Gasteiger partial charge in [0.1, 0.15) is 12.2 Å². The van der Waals surface area contributed by atoms with Crippen LogP contribution in [-0.2, 0) is 13.6 Å². The smallest absolute Gasteiger partial charge is 0.356 e. The molecule has 0 aliphatic rings. The fourth-order valence-corrected chi connectivity index (χ4v) is 1.18. The van der Waals surface area contributed by atoms with Crippen molar-refractivity contribution in [1.29, 1.82) is 0 Å². The van der Waals surface area contributed by atoms with Gasteiger partial charge in [-0.25, -0.2) is 14.8 Å². The zero-order chi connectivity index (χ0) is 10.8. The predicted molar refractivity (Wildman–Crippen MR) is 49.3 cm³/mol. The lowest BCUT2D eigenvalue weighted by molar-refractivity contribution is 0.0691. The third-order valence-corrected chi connectivity index (χ3v) is 1.98. The predicted octanol–water partition coefficient (Wildman–Crippen LogP) is -0.242. The summed E-state index contributed by atoms with van der Waals surface area (Å²) in [5.74, 6) is -0.295. The van der Waals surface area contributed by atoms with Crippen LogP contribution in [0.5, 0.6) is 0 Å². The molecule has 0 aliphatic carbocycles. The summed E-state index contributed by atoms with van der Waals surface area (Å²) in [5, 5.41) is 12.6. The lowest BCUT2D eigenvalue weighted by Crippen LogP contribution is -2.05. The van der Waals surface area contributed by atoms with Crippen molar-refractivity contribution in [2.75, 3.05) is 0 Å². The number of aromatic nitrogens is 5. The van der Waals surface area contributed by atoms with Gasteiger partial charge in [0.05, 0.1) is 12.9 Å². The molecule has 0 atom stereocenters. The average Bonchev–Trinajstić information content (AvgIpc) is 2.77. The Labute approximate surface area is 85.0 Å². The van der Waals surface area contributed by atoms with Gasteiger partial charge in [0, 0.05) is 13.2 Å². The van der Waals surface area contributed by atoms with E-state index in [1.165, 1.54) is 18.9 Å². The maximum absolute atomic E-state index is 10.6. The van der Waals surface area contributed by atoms with Gasteiger partial charge in [0.15, 0.2) is 5.69 Å². The van der Waals surface area contributed by atoms with Crippen molar-refractivity contribution in [3.8, 4) is 0 Å². The molecule has 0 spiro atoms. The fourth-order valence-electron chi connectivity index (χ4n) is 1.18. The van der Waals surface area contributed by atoms with E-state index in [9.17, 15) is 4.79 Å². The van der Waals surface area contributed by atoms with Gasteiger partial charge in [-0.15, -0.1) is 0 Å². The minimum Gasteiger partial charge on any atom is -0.476 e. The number of rotatable bonds is 3. The number of hydrogen-bond donors (Lipinski definition) is 1. The van der Waals surface area contributed by atoms with E-state index < -0.39 is 5.97 Å². The van der Waals surface area contributed by atoms with E-state index in [1.54, 1.807) is 16.3 Å². The van der Waals surface area contributed by atoms with E-state index in [-0.39, 0.29) is 5.69 Å². The lowest BCUT2D eigenvalue weighted by atomic mass is 10.5. The monoisotopic (exact) mass is 207 g/mol. The third kappa shape index (κ3) is 1.85. The average molecular weight is 207 g/mol. The Kier molecular flexibility index (Phi) is 2.20. The molecule has 0 unspecified atom stereocenters. The summed E-state index contributed by atoms with van der Waals surface area (Å²) in [6.07, 6.45) is 4.36. The Bertz CT molecular complexity index is 487. The van der Waals surface area contributed by atoms with Crippen LogP contribution in [0.3, 0.4) is 0 Å². The maximum atomic E-state index is 10.6. The molecule has 2 rings (SSSR count). The Morgan fingerprint density at radius 3 is 2.87 bits per heavy atom. The number of carboxylic acids is 1. The summed E-state index contributed by atoms with van der Waals surface area (Å²) in [6, 6.07) is 0. The van der Waals surface area contributed by atoms with E-state index in [4.69, 9.17) is 5.11 Å². The molecule has 7 heteroatoms. The first-order chi connectivity index (χ1) is 7.16. The van der Waals surface area contributed by atoms with Crippen LogP contribution in [0.4, 0.5) is 0 Å². The minimum atomic E-state index is -1.04. The molecule has 2 aromatic heterocycles. The summed E-state index contributed by atoms with van der Waals surface area (Å²) in [4.78, 5) is 18.3. The van der Waals surface area contributed by atoms with Gasteiger partial charge < -0.3 is 9.67 Å². The minimum absolute atomic E-state index is 0.0252. The molecule has 0 radical (unpaired) electrons. The van der Waals surface area contributed by atoms with Gasteiger partial charge in [0.25, 0.3) is 0 Å². The summed E-state index contributed by atoms with van der Waals surface area (Å²) < 4.78 is 3.27. The van der Waals surface area contributed by atoms with Gasteiger partial charge in [-0.05, 0) is 0 Å². The van der Waals surface area contributed by atoms with E-state index in [0.29, 0.717) is 6.54 Å². The molecule has 0 saturated heterocycles. The van der Waals surface area contributed by atoms with Crippen LogP contribution in [0.2, 0.25) is 0 Å². The van der Waals surface area contributed by atoms with E-state index >= 15 is 0 Å². The van der Waals surface area contributed by atoms with Gasteiger partial charge in [-0.2, -0.15) is 5.10 Å². The van der Waals surface area contributed by atoms with Crippen LogP contribution in [0, 0.1) is 0 Å². The molecule has 0 saturated carbocycles. The Hall–Kier alpha value is -2.18. The molecule has 15 heavy (non-hydrogen) atoms. The number of aromatic carboxylic acids is 1. The van der Waals surface area contributed by atoms with Gasteiger partial charge in [-0.1, -0.05) is 0 Å². The van der Waals surface area contributed by atoms with Crippen molar-refractivity contribution in [2.45, 2.75) is 6.54 Å². The molecule has 0 bridgehead atoms. The fraction of sp³-hybridized carbons (Fsp3) is 0.250. The highest BCUT2D eigenvalue weighted by Crippen LogP contribution is 2.00. The first-order valence-corrected chi connectivity index (χ1v) is 4.25. The van der Waals surface area contributed by atoms with Crippen LogP contribution in [-0.4, -0.2) is 35.4 Å². The van der Waals surface area contributed by atoms with Crippen molar-refractivity contribution >= 4 is 5.97 Å². The topological polar surface area (TPSA) is 85.8 Å². The third-order valence-electron chi connectivity index (χ3n) is 1.98. The molecule has 2 aromatic rings. The second kappa shape index (κ2) is 3.52.